The molecule has 0 aromatic heterocycles. The highest BCUT2D eigenvalue weighted by molar-refractivity contribution is 7.92. The Morgan fingerprint density at radius 2 is 1.87 bits per heavy atom. The summed E-state index contributed by atoms with van der Waals surface area (Å²) in [5.41, 5.74) is 1.54. The Morgan fingerprint density at radius 3 is 2.43 bits per heavy atom. The number of amides is 1. The molecule has 0 aliphatic heterocycles. The van der Waals surface area contributed by atoms with Gasteiger partial charge in [0.15, 0.2) is 9.84 Å². The van der Waals surface area contributed by atoms with E-state index in [0.29, 0.717) is 5.69 Å². The molecule has 0 aliphatic rings. The van der Waals surface area contributed by atoms with Crippen LogP contribution in [-0.4, -0.2) is 20.1 Å². The molecular formula is C16H13ClN2O3S. The summed E-state index contributed by atoms with van der Waals surface area (Å²) in [6.07, 6.45) is 0. The minimum absolute atomic E-state index is 0.0936. The average Bonchev–Trinajstić information content (AvgIpc) is 2.47. The number of carbonyl (C=O) groups is 1. The summed E-state index contributed by atoms with van der Waals surface area (Å²) in [5, 5.41) is 11.4. The number of sulfone groups is 1. The molecule has 0 saturated carbocycles. The SMILES string of the molecule is Cc1ccc(S(=O)(=O)CC(=O)Nc2ccc(C#N)c(Cl)c2)cc1. The second-order valence-electron chi connectivity index (χ2n) is 4.93. The van der Waals surface area contributed by atoms with Crippen LogP contribution in [0, 0.1) is 18.3 Å². The third-order valence-electron chi connectivity index (χ3n) is 3.07. The van der Waals surface area contributed by atoms with Gasteiger partial charge in [-0.05, 0) is 37.3 Å². The van der Waals surface area contributed by atoms with E-state index in [0.717, 1.165) is 5.56 Å². The van der Waals surface area contributed by atoms with Crippen molar-refractivity contribution in [2.45, 2.75) is 11.8 Å². The largest absolute Gasteiger partial charge is 0.325 e. The second kappa shape index (κ2) is 6.82. The van der Waals surface area contributed by atoms with Crippen molar-refractivity contribution < 1.29 is 13.2 Å². The predicted molar refractivity (Wildman–Crippen MR) is 88.0 cm³/mol. The number of hydrogen-bond donors (Lipinski definition) is 1. The number of nitrogens with one attached hydrogen (secondary N) is 1. The van der Waals surface area contributed by atoms with E-state index in [4.69, 9.17) is 16.9 Å². The van der Waals surface area contributed by atoms with Crippen molar-refractivity contribution in [3.8, 4) is 6.07 Å². The summed E-state index contributed by atoms with van der Waals surface area (Å²) in [5.74, 6) is -1.35. The van der Waals surface area contributed by atoms with Gasteiger partial charge in [0.05, 0.1) is 15.5 Å². The average molecular weight is 349 g/mol. The fourth-order valence-corrected chi connectivity index (χ4v) is 3.24. The predicted octanol–water partition coefficient (Wildman–Crippen LogP) is 2.93. The van der Waals surface area contributed by atoms with Crippen LogP contribution in [-0.2, 0) is 14.6 Å². The highest BCUT2D eigenvalue weighted by Crippen LogP contribution is 2.20. The van der Waals surface area contributed by atoms with Gasteiger partial charge in [-0.2, -0.15) is 5.26 Å². The molecule has 0 radical (unpaired) electrons. The van der Waals surface area contributed by atoms with Crippen LogP contribution in [0.4, 0.5) is 5.69 Å². The first kappa shape index (κ1) is 17.0. The van der Waals surface area contributed by atoms with Gasteiger partial charge in [-0.3, -0.25) is 4.79 Å². The number of aryl methyl sites for hydroxylation is 1. The maximum Gasteiger partial charge on any atom is 0.239 e. The van der Waals surface area contributed by atoms with Crippen LogP contribution in [0.3, 0.4) is 0 Å². The zero-order valence-electron chi connectivity index (χ0n) is 12.2. The molecule has 1 N–H and O–H groups in total. The lowest BCUT2D eigenvalue weighted by atomic mass is 10.2. The Labute approximate surface area is 139 Å². The van der Waals surface area contributed by atoms with Crippen molar-refractivity contribution in [3.05, 3.63) is 58.6 Å². The lowest BCUT2D eigenvalue weighted by Gasteiger charge is -2.07. The molecule has 2 rings (SSSR count). The van der Waals surface area contributed by atoms with E-state index in [1.54, 1.807) is 12.1 Å². The van der Waals surface area contributed by atoms with Crippen LogP contribution in [0.25, 0.3) is 0 Å². The van der Waals surface area contributed by atoms with E-state index in [1.165, 1.54) is 30.3 Å². The van der Waals surface area contributed by atoms with Gasteiger partial charge in [-0.15, -0.1) is 0 Å². The van der Waals surface area contributed by atoms with Crippen LogP contribution >= 0.6 is 11.6 Å². The van der Waals surface area contributed by atoms with Crippen LogP contribution in [0.2, 0.25) is 5.02 Å². The lowest BCUT2D eigenvalue weighted by Crippen LogP contribution is -2.23. The van der Waals surface area contributed by atoms with Gasteiger partial charge in [0.25, 0.3) is 0 Å². The molecule has 0 bridgehead atoms. The molecule has 0 aliphatic carbocycles. The van der Waals surface area contributed by atoms with Crippen molar-refractivity contribution in [2.24, 2.45) is 0 Å². The third kappa shape index (κ3) is 4.31. The highest BCUT2D eigenvalue weighted by Gasteiger charge is 2.19. The maximum absolute atomic E-state index is 12.2. The zero-order chi connectivity index (χ0) is 17.0. The molecule has 1 amide bonds. The second-order valence-corrected chi connectivity index (χ2v) is 7.32. The van der Waals surface area contributed by atoms with E-state index in [1.807, 2.05) is 13.0 Å². The van der Waals surface area contributed by atoms with Crippen molar-refractivity contribution >= 4 is 33.0 Å². The maximum atomic E-state index is 12.2. The zero-order valence-corrected chi connectivity index (χ0v) is 13.8. The highest BCUT2D eigenvalue weighted by atomic mass is 35.5. The molecule has 0 spiro atoms. The standard InChI is InChI=1S/C16H13ClN2O3S/c1-11-2-6-14(7-3-11)23(21,22)10-16(20)19-13-5-4-12(9-18)15(17)8-13/h2-8H,10H2,1H3,(H,19,20). The van der Waals surface area contributed by atoms with Gasteiger partial charge in [-0.1, -0.05) is 29.3 Å². The smallest absolute Gasteiger partial charge is 0.239 e. The molecule has 23 heavy (non-hydrogen) atoms. The molecule has 0 atom stereocenters. The van der Waals surface area contributed by atoms with Crippen LogP contribution < -0.4 is 5.32 Å². The number of nitrogens with zero attached hydrogens (tertiary/aromatic N) is 1. The monoisotopic (exact) mass is 348 g/mol. The Balaban J connectivity index is 2.11. The van der Waals surface area contributed by atoms with E-state index in [9.17, 15) is 13.2 Å². The number of nitriles is 1. The Kier molecular flexibility index (Phi) is 5.04. The molecule has 118 valence electrons. The van der Waals surface area contributed by atoms with Crippen LogP contribution in [0.15, 0.2) is 47.4 Å². The van der Waals surface area contributed by atoms with Gasteiger partial charge in [-0.25, -0.2) is 8.42 Å². The summed E-state index contributed by atoms with van der Waals surface area (Å²) in [4.78, 5) is 12.0. The number of hydrogen-bond acceptors (Lipinski definition) is 4. The van der Waals surface area contributed by atoms with Gasteiger partial charge in [0, 0.05) is 5.69 Å². The molecular weight excluding hydrogens is 336 g/mol. The van der Waals surface area contributed by atoms with Gasteiger partial charge in [0.1, 0.15) is 11.8 Å². The Hall–Kier alpha value is -2.36. The first-order valence-electron chi connectivity index (χ1n) is 6.61. The van der Waals surface area contributed by atoms with Crippen molar-refractivity contribution in [2.75, 3.05) is 11.1 Å². The fourth-order valence-electron chi connectivity index (χ4n) is 1.88. The molecule has 0 fully saturated rings. The quantitative estimate of drug-likeness (QED) is 0.920. The molecule has 0 unspecified atom stereocenters. The Morgan fingerprint density at radius 1 is 1.22 bits per heavy atom. The van der Waals surface area contributed by atoms with Gasteiger partial charge < -0.3 is 5.32 Å². The number of anilines is 1. The van der Waals surface area contributed by atoms with E-state index >= 15 is 0 Å². The third-order valence-corrected chi connectivity index (χ3v) is 5.02. The Bertz CT molecular complexity index is 885. The van der Waals surface area contributed by atoms with Crippen molar-refractivity contribution in [1.82, 2.24) is 0 Å². The minimum Gasteiger partial charge on any atom is -0.325 e. The summed E-state index contributed by atoms with van der Waals surface area (Å²) in [6.45, 7) is 1.84. The summed E-state index contributed by atoms with van der Waals surface area (Å²) in [6, 6.07) is 12.5. The molecule has 2 aromatic rings. The summed E-state index contributed by atoms with van der Waals surface area (Å²) >= 11 is 5.86. The molecule has 7 heteroatoms. The van der Waals surface area contributed by atoms with Gasteiger partial charge in [0.2, 0.25) is 5.91 Å². The molecule has 0 heterocycles. The molecule has 5 nitrogen and oxygen atoms in total. The van der Waals surface area contributed by atoms with Crippen LogP contribution in [0.1, 0.15) is 11.1 Å². The summed E-state index contributed by atoms with van der Waals surface area (Å²) in [7, 11) is -3.72. The topological polar surface area (TPSA) is 87.0 Å². The van der Waals surface area contributed by atoms with Crippen LogP contribution in [0.5, 0.6) is 0 Å². The van der Waals surface area contributed by atoms with Crippen molar-refractivity contribution in [1.29, 1.82) is 5.26 Å². The lowest BCUT2D eigenvalue weighted by molar-refractivity contribution is -0.113. The fraction of sp³-hybridized carbons (Fsp3) is 0.125. The number of rotatable bonds is 4. The first-order valence-corrected chi connectivity index (χ1v) is 8.64. The number of carbonyl (C=O) groups excluding carboxylic acids is 1. The van der Waals surface area contributed by atoms with E-state index in [-0.39, 0.29) is 15.5 Å². The number of halogens is 1. The van der Waals surface area contributed by atoms with Gasteiger partial charge >= 0.3 is 0 Å². The normalized spacial score (nSPS) is 10.8. The van der Waals surface area contributed by atoms with Crippen molar-refractivity contribution in [3.63, 3.8) is 0 Å². The molecule has 0 saturated heterocycles. The minimum atomic E-state index is -3.72. The van der Waals surface area contributed by atoms with E-state index < -0.39 is 21.5 Å². The van der Waals surface area contributed by atoms with E-state index in [2.05, 4.69) is 5.32 Å². The molecule has 2 aromatic carbocycles. The first-order chi connectivity index (χ1) is 10.8. The summed E-state index contributed by atoms with van der Waals surface area (Å²) < 4.78 is 24.4. The number of benzene rings is 2.